The van der Waals surface area contributed by atoms with Crippen molar-refractivity contribution in [2.45, 2.75) is 20.1 Å². The van der Waals surface area contributed by atoms with Gasteiger partial charge in [-0.15, -0.1) is 0 Å². The highest BCUT2D eigenvalue weighted by Gasteiger charge is 2.17. The lowest BCUT2D eigenvalue weighted by Crippen LogP contribution is -2.28. The van der Waals surface area contributed by atoms with Gasteiger partial charge in [-0.3, -0.25) is 9.59 Å². The lowest BCUT2D eigenvalue weighted by Gasteiger charge is -2.12. The van der Waals surface area contributed by atoms with Crippen LogP contribution in [0, 0.1) is 0 Å². The van der Waals surface area contributed by atoms with Crippen molar-refractivity contribution in [2.75, 3.05) is 13.7 Å². The maximum atomic E-state index is 12.3. The van der Waals surface area contributed by atoms with Crippen LogP contribution < -0.4 is 14.8 Å². The van der Waals surface area contributed by atoms with Crippen LogP contribution in [0.3, 0.4) is 0 Å². The predicted octanol–water partition coefficient (Wildman–Crippen LogP) is 2.31. The van der Waals surface area contributed by atoms with Gasteiger partial charge in [0.1, 0.15) is 5.69 Å². The smallest absolute Gasteiger partial charge is 0.387 e. The van der Waals surface area contributed by atoms with Gasteiger partial charge in [0.25, 0.3) is 5.91 Å². The van der Waals surface area contributed by atoms with Gasteiger partial charge in [-0.2, -0.15) is 8.78 Å². The number of halogens is 2. The number of Topliss-reactive ketones (excluding diaryl/α,β-unsaturated/α-hetero) is 1. The van der Waals surface area contributed by atoms with E-state index in [0.29, 0.717) is 11.1 Å². The second-order valence-corrected chi connectivity index (χ2v) is 6.00. The fourth-order valence-electron chi connectivity index (χ4n) is 2.43. The Balaban J connectivity index is 1.88. The van der Waals surface area contributed by atoms with Gasteiger partial charge in [-0.25, -0.2) is 4.79 Å². The first kappa shape index (κ1) is 21.9. The third-order valence-electron chi connectivity index (χ3n) is 3.89. The van der Waals surface area contributed by atoms with Crippen LogP contribution in [0.5, 0.6) is 11.5 Å². The Morgan fingerprint density at radius 3 is 2.48 bits per heavy atom. The molecule has 2 aromatic rings. The van der Waals surface area contributed by atoms with Gasteiger partial charge < -0.3 is 24.1 Å². The summed E-state index contributed by atoms with van der Waals surface area (Å²) < 4.78 is 40.4. The van der Waals surface area contributed by atoms with Gasteiger partial charge in [0.2, 0.25) is 0 Å². The number of rotatable bonds is 9. The highest BCUT2D eigenvalue weighted by molar-refractivity contribution is 5.98. The number of aromatic nitrogens is 1. The van der Waals surface area contributed by atoms with E-state index < -0.39 is 25.1 Å². The topological polar surface area (TPSA) is 95.9 Å². The highest BCUT2D eigenvalue weighted by Crippen LogP contribution is 2.29. The van der Waals surface area contributed by atoms with E-state index in [2.05, 4.69) is 10.1 Å². The highest BCUT2D eigenvalue weighted by atomic mass is 19.3. The van der Waals surface area contributed by atoms with Crippen LogP contribution in [-0.4, -0.2) is 42.6 Å². The summed E-state index contributed by atoms with van der Waals surface area (Å²) in [6.07, 6.45) is 1.49. The Morgan fingerprint density at radius 2 is 1.90 bits per heavy atom. The first-order valence-electron chi connectivity index (χ1n) is 8.44. The van der Waals surface area contributed by atoms with E-state index in [9.17, 15) is 23.2 Å². The normalized spacial score (nSPS) is 10.6. The summed E-state index contributed by atoms with van der Waals surface area (Å²) in [5.41, 5.74) is 1.07. The molecule has 29 heavy (non-hydrogen) atoms. The van der Waals surface area contributed by atoms with Gasteiger partial charge in [0.15, 0.2) is 23.9 Å². The Labute approximate surface area is 165 Å². The Morgan fingerprint density at radius 1 is 1.17 bits per heavy atom. The van der Waals surface area contributed by atoms with E-state index in [-0.39, 0.29) is 29.5 Å². The van der Waals surface area contributed by atoms with E-state index in [1.807, 2.05) is 0 Å². The maximum Gasteiger partial charge on any atom is 0.387 e. The number of nitrogens with zero attached hydrogens (tertiary/aromatic N) is 1. The van der Waals surface area contributed by atoms with Gasteiger partial charge in [-0.05, 0) is 30.7 Å². The summed E-state index contributed by atoms with van der Waals surface area (Å²) >= 11 is 0. The SMILES string of the molecule is COc1cc(CNC(=O)COC(=O)c2cc(C(C)=O)cn2C)ccc1OC(F)F. The number of hydrogen-bond donors (Lipinski definition) is 1. The Kier molecular flexibility index (Phi) is 7.29. The van der Waals surface area contributed by atoms with Gasteiger partial charge in [-0.1, -0.05) is 6.07 Å². The number of methoxy groups -OCH3 is 1. The summed E-state index contributed by atoms with van der Waals surface area (Å²) in [6, 6.07) is 5.61. The molecule has 0 saturated heterocycles. The summed E-state index contributed by atoms with van der Waals surface area (Å²) in [5.74, 6) is -1.54. The number of carbonyl (C=O) groups excluding carboxylic acids is 3. The molecule has 0 fully saturated rings. The van der Waals surface area contributed by atoms with Crippen LogP contribution >= 0.6 is 0 Å². The summed E-state index contributed by atoms with van der Waals surface area (Å²) in [6.45, 7) is -2.08. The lowest BCUT2D eigenvalue weighted by atomic mass is 10.2. The molecule has 1 N–H and O–H groups in total. The number of amides is 1. The molecule has 156 valence electrons. The van der Waals surface area contributed by atoms with E-state index >= 15 is 0 Å². The quantitative estimate of drug-likeness (QED) is 0.504. The fraction of sp³-hybridized carbons (Fsp3) is 0.316. The zero-order valence-electron chi connectivity index (χ0n) is 16.0. The number of nitrogens with one attached hydrogen (secondary N) is 1. The van der Waals surface area contributed by atoms with E-state index in [1.54, 1.807) is 7.05 Å². The molecule has 1 heterocycles. The number of carbonyl (C=O) groups is 3. The molecule has 0 atom stereocenters. The molecule has 0 bridgehead atoms. The molecule has 1 aromatic carbocycles. The van der Waals surface area contributed by atoms with Crippen molar-refractivity contribution in [2.24, 2.45) is 7.05 Å². The first-order valence-corrected chi connectivity index (χ1v) is 8.44. The molecule has 10 heteroatoms. The van der Waals surface area contributed by atoms with Crippen LogP contribution in [0.15, 0.2) is 30.5 Å². The molecule has 0 spiro atoms. The average molecular weight is 410 g/mol. The van der Waals surface area contributed by atoms with Crippen LogP contribution in [0.4, 0.5) is 8.78 Å². The largest absolute Gasteiger partial charge is 0.493 e. The summed E-state index contributed by atoms with van der Waals surface area (Å²) in [5, 5.41) is 2.53. The third-order valence-corrected chi connectivity index (χ3v) is 3.89. The number of ether oxygens (including phenoxy) is 3. The molecular formula is C19H20F2N2O6. The minimum absolute atomic E-state index is 0.0559. The molecule has 0 aliphatic carbocycles. The first-order chi connectivity index (χ1) is 13.7. The molecule has 0 radical (unpaired) electrons. The molecule has 0 aliphatic heterocycles. The minimum Gasteiger partial charge on any atom is -0.493 e. The van der Waals surface area contributed by atoms with Crippen molar-refractivity contribution in [3.8, 4) is 11.5 Å². The van der Waals surface area contributed by atoms with E-state index in [4.69, 9.17) is 9.47 Å². The van der Waals surface area contributed by atoms with Crippen molar-refractivity contribution in [1.29, 1.82) is 0 Å². The number of alkyl halides is 2. The molecule has 0 aliphatic rings. The van der Waals surface area contributed by atoms with Crippen LogP contribution in [0.2, 0.25) is 0 Å². The molecule has 1 aromatic heterocycles. The molecule has 1 amide bonds. The molecule has 8 nitrogen and oxygen atoms in total. The van der Waals surface area contributed by atoms with Gasteiger partial charge >= 0.3 is 12.6 Å². The average Bonchev–Trinajstić information content (AvgIpc) is 3.07. The lowest BCUT2D eigenvalue weighted by molar-refractivity contribution is -0.124. The van der Waals surface area contributed by atoms with Crippen molar-refractivity contribution < 1.29 is 37.4 Å². The number of hydrogen-bond acceptors (Lipinski definition) is 6. The van der Waals surface area contributed by atoms with E-state index in [0.717, 1.165) is 0 Å². The number of benzene rings is 1. The zero-order valence-corrected chi connectivity index (χ0v) is 16.0. The van der Waals surface area contributed by atoms with Gasteiger partial charge in [0.05, 0.1) is 7.11 Å². The van der Waals surface area contributed by atoms with Crippen LogP contribution in [0.1, 0.15) is 33.3 Å². The standard InChI is InChI=1S/C19H20F2N2O6/c1-11(24)13-7-14(23(2)9-13)18(26)28-10-17(25)22-8-12-4-5-15(29-19(20)21)16(6-12)27-3/h4-7,9,19H,8,10H2,1-3H3,(H,22,25). The summed E-state index contributed by atoms with van der Waals surface area (Å²) in [7, 11) is 2.88. The zero-order chi connectivity index (χ0) is 21.6. The predicted molar refractivity (Wildman–Crippen MR) is 97.2 cm³/mol. The Hall–Kier alpha value is -3.43. The molecule has 0 saturated carbocycles. The number of esters is 1. The second kappa shape index (κ2) is 9.67. The summed E-state index contributed by atoms with van der Waals surface area (Å²) in [4.78, 5) is 35.3. The third kappa shape index (κ3) is 6.03. The van der Waals surface area contributed by atoms with Crippen molar-refractivity contribution >= 4 is 17.7 Å². The molecule has 0 unspecified atom stereocenters. The van der Waals surface area contributed by atoms with Crippen molar-refractivity contribution in [1.82, 2.24) is 9.88 Å². The number of aryl methyl sites for hydroxylation is 1. The monoisotopic (exact) mass is 410 g/mol. The number of ketones is 1. The van der Waals surface area contributed by atoms with Crippen molar-refractivity contribution in [3.63, 3.8) is 0 Å². The maximum absolute atomic E-state index is 12.3. The van der Waals surface area contributed by atoms with Gasteiger partial charge in [0, 0.05) is 25.4 Å². The van der Waals surface area contributed by atoms with Crippen molar-refractivity contribution in [3.05, 3.63) is 47.3 Å². The van der Waals surface area contributed by atoms with Crippen LogP contribution in [-0.2, 0) is 23.1 Å². The van der Waals surface area contributed by atoms with Crippen LogP contribution in [0.25, 0.3) is 0 Å². The van der Waals surface area contributed by atoms with E-state index in [1.165, 1.54) is 49.1 Å². The minimum atomic E-state index is -2.99. The second-order valence-electron chi connectivity index (χ2n) is 6.00. The fourth-order valence-corrected chi connectivity index (χ4v) is 2.43. The Bertz CT molecular complexity index is 910. The molecular weight excluding hydrogens is 390 g/mol. The molecule has 2 rings (SSSR count).